The zero-order valence-electron chi connectivity index (χ0n) is 42.3. The van der Waals surface area contributed by atoms with Gasteiger partial charge in [0.05, 0.1) is 25.9 Å². The maximum absolute atomic E-state index is 14.7. The summed E-state index contributed by atoms with van der Waals surface area (Å²) in [6, 6.07) is 9.70. The number of hydrogen-bond donors (Lipinski definition) is 11. The first-order valence-electron chi connectivity index (χ1n) is 20.8. The van der Waals surface area contributed by atoms with Gasteiger partial charge in [-0.25, -0.2) is 46.0 Å². The van der Waals surface area contributed by atoms with E-state index >= 15 is 0 Å². The van der Waals surface area contributed by atoms with Crippen molar-refractivity contribution in [2.24, 2.45) is 5.92 Å². The van der Waals surface area contributed by atoms with Gasteiger partial charge in [-0.15, -0.1) is 0 Å². The van der Waals surface area contributed by atoms with Crippen molar-refractivity contribution in [2.45, 2.75) is 71.5 Å². The smallest absolute Gasteiger partial charge is 0.426 e. The van der Waals surface area contributed by atoms with Crippen molar-refractivity contribution in [2.75, 3.05) is 19.8 Å². The van der Waals surface area contributed by atoms with Crippen LogP contribution in [0.1, 0.15) is 36.0 Å². The molecule has 0 amide bonds. The molecule has 0 bridgehead atoms. The topological polar surface area (TPSA) is 469 Å². The Hall–Kier alpha value is -1.57. The molecule has 3 aromatic heterocycles. The summed E-state index contributed by atoms with van der Waals surface area (Å²) in [5.74, 6) is -0.721. The van der Waals surface area contributed by atoms with Gasteiger partial charge in [0.15, 0.2) is 18.7 Å². The predicted octanol–water partition coefficient (Wildman–Crippen LogP) is -11.6. The maximum atomic E-state index is 14.7. The van der Waals surface area contributed by atoms with Crippen LogP contribution in [-0.2, 0) is 45.6 Å². The van der Waals surface area contributed by atoms with E-state index in [2.05, 4.69) is 17.7 Å². The second-order valence-electron chi connectivity index (χ2n) is 15.8. The predicted molar refractivity (Wildman–Crippen MR) is 255 cm³/mol. The summed E-state index contributed by atoms with van der Waals surface area (Å²) in [5, 5.41) is 29.1. The average molecular weight is 1310 g/mol. The maximum Gasteiger partial charge on any atom is 1.00 e. The summed E-state index contributed by atoms with van der Waals surface area (Å²) in [5.41, 5.74) is -4.58. The quantitative estimate of drug-likeness (QED) is 0.0356. The van der Waals surface area contributed by atoms with Gasteiger partial charge in [0.25, 0.3) is 26.9 Å². The number of carbonyl (C=O) groups is 1. The number of para-hydroxylation sites is 1. The number of ether oxygens (including phenoxy) is 3. The van der Waals surface area contributed by atoms with Crippen LogP contribution in [0.25, 0.3) is 0 Å². The molecule has 0 aliphatic carbocycles. The summed E-state index contributed by atoms with van der Waals surface area (Å²) in [6.45, 7) is -0.815. The van der Waals surface area contributed by atoms with Gasteiger partial charge in [-0.1, -0.05) is 53.9 Å². The molecule has 3 saturated heterocycles. The van der Waals surface area contributed by atoms with Crippen molar-refractivity contribution < 1.29 is 184 Å². The van der Waals surface area contributed by atoms with Gasteiger partial charge in [-0.3, -0.25) is 47.6 Å². The van der Waals surface area contributed by atoms with Crippen LogP contribution in [0.5, 0.6) is 5.75 Å². The van der Waals surface area contributed by atoms with Gasteiger partial charge in [-0.2, -0.15) is 8.62 Å². The van der Waals surface area contributed by atoms with Crippen molar-refractivity contribution >= 4 is 83.2 Å². The molecule has 15 atom stereocenters. The van der Waals surface area contributed by atoms with E-state index in [4.69, 9.17) is 89.7 Å². The van der Waals surface area contributed by atoms with Gasteiger partial charge in [0.1, 0.15) is 35.7 Å². The van der Waals surface area contributed by atoms with E-state index in [1.807, 2.05) is 9.97 Å². The van der Waals surface area contributed by atoms with Gasteiger partial charge >= 0.3 is 130 Å². The molecule has 1 aromatic carbocycles. The number of nitrogens with zero attached hydrogens (tertiary/aromatic N) is 3. The molecular formula is C35H39Cl4F3Li4N6O26P4+4. The Kier molecular flexibility index (Phi) is 30.2. The molecule has 3 unspecified atom stereocenters. The minimum absolute atomic E-state index is 0. The number of H-pyrrole nitrogens is 3. The van der Waals surface area contributed by atoms with Crippen LogP contribution < -0.4 is 114 Å². The molecule has 82 heavy (non-hydrogen) atoms. The Morgan fingerprint density at radius 1 is 0.610 bits per heavy atom. The summed E-state index contributed by atoms with van der Waals surface area (Å²) < 4.78 is 115. The van der Waals surface area contributed by atoms with Crippen molar-refractivity contribution in [3.63, 3.8) is 0 Å². The van der Waals surface area contributed by atoms with E-state index in [-0.39, 0.29) is 75.4 Å². The third-order valence-electron chi connectivity index (χ3n) is 10.5. The van der Waals surface area contributed by atoms with E-state index in [9.17, 15) is 75.5 Å². The van der Waals surface area contributed by atoms with Crippen molar-refractivity contribution in [3.05, 3.63) is 129 Å². The third kappa shape index (κ3) is 19.7. The number of nitrogens with one attached hydrogen (secondary N) is 3. The van der Waals surface area contributed by atoms with E-state index in [0.29, 0.717) is 20.4 Å². The van der Waals surface area contributed by atoms with Crippen LogP contribution in [0.15, 0.2) is 89.8 Å². The van der Waals surface area contributed by atoms with Crippen LogP contribution in [0, 0.1) is 5.92 Å². The van der Waals surface area contributed by atoms with Crippen LogP contribution in [0.4, 0.5) is 13.2 Å². The number of phosphoric ester groups is 1. The van der Waals surface area contributed by atoms with Crippen LogP contribution in [-0.4, -0.2) is 140 Å². The minimum atomic E-state index is -5.79. The number of aliphatic hydroxyl groups excluding tert-OH is 4. The number of aliphatic hydroxyl groups is 4. The summed E-state index contributed by atoms with van der Waals surface area (Å²) in [6.07, 6.45) is -10.2. The number of fused-ring (bicyclic) bond motifs is 1. The average Bonchev–Trinajstić information content (AvgIpc) is 3.79. The Morgan fingerprint density at radius 3 is 1.39 bits per heavy atom. The van der Waals surface area contributed by atoms with Gasteiger partial charge in [0.2, 0.25) is 5.13 Å². The van der Waals surface area contributed by atoms with Gasteiger partial charge in [0, 0.05) is 42.7 Å². The number of benzene rings is 1. The van der Waals surface area contributed by atoms with E-state index in [1.54, 1.807) is 29.2 Å². The van der Waals surface area contributed by atoms with Crippen molar-refractivity contribution in [3.8, 4) is 5.75 Å². The standard InChI is InChI=1S/C10H12ClFN2O4.C9H13ClFN2O14P3.C9H10ClFN2O5.C7H4ClO3P.4Li/c1-5-6(4-15)18-8(10(5,11)12)14-3-2-7(16)13-9(14)17;10-9(11)6(15)4(25-7(9)13-2-1-5(14)12-8(13)16)3-24-29(20,21)27-30(22,23)26-28(17,18)19;10-9(11)6(16)4(3-14)18-7(9)13-2-1-5(15)12-8(13)17;8-12-10-6-4-2-1-3-5(6)7(9)11-12;;;;/h2-3,5-6,8,15H,4H2,1H3,(H,13,16,17);1-2,4,6-7,15H,3H2,(H,20,21)(H,22,23)(H,12,14,16)(H2,17,18,19);1-2,4,6-7,14,16H,3H2,(H,12,15,17);1-4H;;;;/q;;;;4*+1/t5-,6-,8-,10-;2*4-,6-,7-,9-;;;;;/m111...../s1. The molecule has 8 rings (SSSR count). The molecule has 4 aromatic rings. The zero-order valence-corrected chi connectivity index (χ0v) is 48.9. The molecule has 47 heteroatoms. The molecule has 4 aliphatic heterocycles. The Labute approximate surface area is 523 Å². The molecule has 0 saturated carbocycles. The molecule has 11 N–H and O–H groups in total. The molecule has 434 valence electrons. The number of carbonyl (C=O) groups excluding carboxylic acids is 1. The monoisotopic (exact) mass is 1310 g/mol. The number of alkyl halides is 6. The first-order chi connectivity index (χ1) is 36.0. The summed E-state index contributed by atoms with van der Waals surface area (Å²) >= 11 is 22.3. The fraction of sp³-hybridized carbons (Fsp3) is 0.457. The van der Waals surface area contributed by atoms with Crippen LogP contribution in [0.3, 0.4) is 0 Å². The number of hydrogen-bond acceptors (Lipinski definition) is 22. The number of rotatable bonds is 12. The summed E-state index contributed by atoms with van der Waals surface area (Å²) in [4.78, 5) is 120. The summed E-state index contributed by atoms with van der Waals surface area (Å²) in [7, 11) is -18.6. The molecule has 0 spiro atoms. The normalized spacial score (nSPS) is 30.2. The first kappa shape index (κ1) is 78.4. The molecule has 4 aliphatic rings. The van der Waals surface area contributed by atoms with Crippen molar-refractivity contribution in [1.29, 1.82) is 0 Å². The largest absolute Gasteiger partial charge is 1.00 e. The molecule has 32 nitrogen and oxygen atoms in total. The number of aromatic nitrogens is 6. The Morgan fingerprint density at radius 2 is 1.00 bits per heavy atom. The zero-order chi connectivity index (χ0) is 58.7. The van der Waals surface area contributed by atoms with Crippen LogP contribution >= 0.6 is 77.2 Å². The minimum Gasteiger partial charge on any atom is -0.426 e. The second kappa shape index (κ2) is 31.6. The molecule has 3 fully saturated rings. The van der Waals surface area contributed by atoms with Crippen LogP contribution in [0.2, 0.25) is 0 Å². The first-order valence-corrected chi connectivity index (χ1v) is 28.6. The van der Waals surface area contributed by atoms with Crippen molar-refractivity contribution in [1.82, 2.24) is 28.7 Å². The van der Waals surface area contributed by atoms with E-state index < -0.39 is 161 Å². The molecular weight excluding hydrogens is 1270 g/mol. The Bertz CT molecular complexity index is 3250. The Balaban J connectivity index is 0.000000564. The van der Waals surface area contributed by atoms with E-state index in [0.717, 1.165) is 41.4 Å². The molecule has 7 heterocycles. The number of aromatic amines is 3. The van der Waals surface area contributed by atoms with Gasteiger partial charge < -0.3 is 63.3 Å². The van der Waals surface area contributed by atoms with Gasteiger partial charge in [-0.05, 0) is 23.4 Å². The fourth-order valence-electron chi connectivity index (χ4n) is 6.76. The fourth-order valence-corrected chi connectivity index (χ4v) is 11.7. The number of phosphoric acid groups is 3. The van der Waals surface area contributed by atoms with E-state index in [1.165, 1.54) is 6.92 Å². The SMILES string of the molecule is C[C@@H]1[C@@H](CO)O[C@@H](n2ccc(=O)[nH]c2=O)[C@@]1(F)Cl.O=C1OP(Cl)Oc2ccccc21.O=c1ccn([C@@H]2O[C@H](CO)[C@@H](O)[C@]2(F)Cl)c(=O)[nH]1.O=c1ccn([C@@H]2O[C@H](COP(=O)(O)OP(=O)(O)OP(=O)(O)O)[C@@H](O)[C@]2(F)Cl)c(=O)[nH]1.[Li+].[Li+].[Li+].[Li+]. The number of halogens is 7. The molecule has 0 radical (unpaired) electrons. The third-order valence-corrected chi connectivity index (χ3v) is 16.7. The second-order valence-corrected chi connectivity index (χ2v) is 23.5.